The first-order valence-corrected chi connectivity index (χ1v) is 9.15. The van der Waals surface area contributed by atoms with Gasteiger partial charge in [0.2, 0.25) is 0 Å². The van der Waals surface area contributed by atoms with Gasteiger partial charge in [-0.3, -0.25) is 0 Å². The second kappa shape index (κ2) is 8.81. The maximum absolute atomic E-state index is 11.8. The third-order valence-corrected chi connectivity index (χ3v) is 4.58. The van der Waals surface area contributed by atoms with Crippen LogP contribution in [0.3, 0.4) is 0 Å². The molecule has 0 bridgehead atoms. The summed E-state index contributed by atoms with van der Waals surface area (Å²) in [5, 5.41) is 7.05. The molecule has 0 spiro atoms. The van der Waals surface area contributed by atoms with E-state index in [0.717, 1.165) is 11.3 Å². The lowest BCUT2D eigenvalue weighted by atomic mass is 10.0. The fourth-order valence-corrected chi connectivity index (χ4v) is 2.90. The molecule has 138 valence electrons. The maximum atomic E-state index is 11.8. The Morgan fingerprint density at radius 3 is 2.42 bits per heavy atom. The third-order valence-electron chi connectivity index (χ3n) is 4.36. The minimum atomic E-state index is -0.314. The molecule has 0 radical (unpaired) electrons. The summed E-state index contributed by atoms with van der Waals surface area (Å²) in [5.74, 6) is -0.314. The molecule has 0 aliphatic heterocycles. The zero-order valence-corrected chi connectivity index (χ0v) is 16.8. The van der Waals surface area contributed by atoms with Crippen molar-refractivity contribution in [3.63, 3.8) is 0 Å². The summed E-state index contributed by atoms with van der Waals surface area (Å²) in [6.07, 6.45) is 0. The highest BCUT2D eigenvalue weighted by atomic mass is 32.1. The van der Waals surface area contributed by atoms with Gasteiger partial charge in [0.1, 0.15) is 0 Å². The number of anilines is 1. The molecule has 0 fully saturated rings. The lowest BCUT2D eigenvalue weighted by Gasteiger charge is -2.19. The second-order valence-electron chi connectivity index (χ2n) is 6.41. The van der Waals surface area contributed by atoms with E-state index in [1.54, 1.807) is 19.1 Å². The molecular formula is C21H26N2O2S. The molecule has 0 heterocycles. The molecule has 1 atom stereocenters. The predicted molar refractivity (Wildman–Crippen MR) is 111 cm³/mol. The van der Waals surface area contributed by atoms with Crippen LogP contribution in [0.15, 0.2) is 36.4 Å². The van der Waals surface area contributed by atoms with Crippen LogP contribution in [0.5, 0.6) is 0 Å². The minimum Gasteiger partial charge on any atom is -0.462 e. The molecule has 0 saturated heterocycles. The molecule has 2 N–H and O–H groups in total. The number of ether oxygens (including phenoxy) is 1. The molecule has 2 aromatic rings. The predicted octanol–water partition coefficient (Wildman–Crippen LogP) is 4.84. The Kier molecular flexibility index (Phi) is 6.75. The van der Waals surface area contributed by atoms with Crippen molar-refractivity contribution in [3.05, 3.63) is 64.2 Å². The monoisotopic (exact) mass is 370 g/mol. The summed E-state index contributed by atoms with van der Waals surface area (Å²) in [4.78, 5) is 11.8. The molecule has 0 aliphatic carbocycles. The molecule has 0 amide bonds. The Hall–Kier alpha value is -2.40. The second-order valence-corrected chi connectivity index (χ2v) is 6.82. The minimum absolute atomic E-state index is 0.0911. The first-order chi connectivity index (χ1) is 12.3. The van der Waals surface area contributed by atoms with Crippen LogP contribution in [-0.4, -0.2) is 17.7 Å². The average Bonchev–Trinajstić information content (AvgIpc) is 2.59. The molecule has 26 heavy (non-hydrogen) atoms. The molecule has 4 nitrogen and oxygen atoms in total. The topological polar surface area (TPSA) is 50.4 Å². The molecule has 0 saturated carbocycles. The van der Waals surface area contributed by atoms with Crippen LogP contribution in [-0.2, 0) is 4.74 Å². The number of carbonyl (C=O) groups excluding carboxylic acids is 1. The summed E-state index contributed by atoms with van der Waals surface area (Å²) in [6, 6.07) is 11.9. The summed E-state index contributed by atoms with van der Waals surface area (Å²) in [5.41, 5.74) is 6.06. The zero-order chi connectivity index (χ0) is 19.3. The van der Waals surface area contributed by atoms with Crippen LogP contribution in [0.2, 0.25) is 0 Å². The van der Waals surface area contributed by atoms with Crippen molar-refractivity contribution in [1.29, 1.82) is 0 Å². The van der Waals surface area contributed by atoms with Gasteiger partial charge in [-0.1, -0.05) is 18.2 Å². The van der Waals surface area contributed by atoms with E-state index in [1.807, 2.05) is 13.0 Å². The van der Waals surface area contributed by atoms with Crippen molar-refractivity contribution in [2.24, 2.45) is 0 Å². The Balaban J connectivity index is 2.02. The number of benzene rings is 2. The van der Waals surface area contributed by atoms with Crippen molar-refractivity contribution in [2.75, 3.05) is 11.9 Å². The number of thiocarbonyl (C=S) groups is 1. The molecule has 2 rings (SSSR count). The van der Waals surface area contributed by atoms with Gasteiger partial charge in [-0.05, 0) is 87.3 Å². The quantitative estimate of drug-likeness (QED) is 0.583. The summed E-state index contributed by atoms with van der Waals surface area (Å²) >= 11 is 5.44. The van der Waals surface area contributed by atoms with Gasteiger partial charge < -0.3 is 15.4 Å². The maximum Gasteiger partial charge on any atom is 0.338 e. The smallest absolute Gasteiger partial charge is 0.338 e. The first-order valence-electron chi connectivity index (χ1n) is 8.74. The van der Waals surface area contributed by atoms with Crippen molar-refractivity contribution >= 4 is 29.0 Å². The van der Waals surface area contributed by atoms with Gasteiger partial charge >= 0.3 is 5.97 Å². The molecule has 5 heteroatoms. The van der Waals surface area contributed by atoms with Crippen LogP contribution < -0.4 is 10.6 Å². The van der Waals surface area contributed by atoms with E-state index >= 15 is 0 Å². The van der Waals surface area contributed by atoms with Crippen LogP contribution in [0, 0.1) is 20.8 Å². The number of aryl methyl sites for hydroxylation is 3. The fraction of sp³-hybridized carbons (Fsp3) is 0.333. The van der Waals surface area contributed by atoms with Gasteiger partial charge in [-0.2, -0.15) is 0 Å². The van der Waals surface area contributed by atoms with Crippen LogP contribution in [0.1, 0.15) is 52.5 Å². The SMILES string of the molecule is CCOC(=O)c1ccc(NC(=S)NC(C)c2ccc(C)c(C)c2)c(C)c1. The number of esters is 1. The molecule has 2 aromatic carbocycles. The van der Waals surface area contributed by atoms with Crippen molar-refractivity contribution in [2.45, 2.75) is 40.7 Å². The number of carbonyl (C=O) groups is 1. The number of hydrogen-bond donors (Lipinski definition) is 2. The number of hydrogen-bond acceptors (Lipinski definition) is 3. The van der Waals surface area contributed by atoms with Crippen molar-refractivity contribution in [3.8, 4) is 0 Å². The third kappa shape index (κ3) is 5.05. The summed E-state index contributed by atoms with van der Waals surface area (Å²) < 4.78 is 5.03. The van der Waals surface area contributed by atoms with Crippen molar-refractivity contribution < 1.29 is 9.53 Å². The van der Waals surface area contributed by atoms with Gasteiger partial charge in [0.25, 0.3) is 0 Å². The highest BCUT2D eigenvalue weighted by Gasteiger charge is 2.11. The molecule has 0 aromatic heterocycles. The Morgan fingerprint density at radius 2 is 1.81 bits per heavy atom. The Morgan fingerprint density at radius 1 is 1.08 bits per heavy atom. The highest BCUT2D eigenvalue weighted by molar-refractivity contribution is 7.80. The van der Waals surface area contributed by atoms with E-state index in [9.17, 15) is 4.79 Å². The highest BCUT2D eigenvalue weighted by Crippen LogP contribution is 2.19. The standard InChI is InChI=1S/C21H26N2O2S/c1-6-25-20(24)18-9-10-19(15(4)12-18)23-21(26)22-16(5)17-8-7-13(2)14(3)11-17/h7-12,16H,6H2,1-5H3,(H2,22,23,26). The molecular weight excluding hydrogens is 344 g/mol. The normalized spacial score (nSPS) is 11.6. The molecule has 1 unspecified atom stereocenters. The van der Waals surface area contributed by atoms with Gasteiger partial charge in [0.05, 0.1) is 18.2 Å². The zero-order valence-electron chi connectivity index (χ0n) is 16.0. The van der Waals surface area contributed by atoms with E-state index in [0.29, 0.717) is 17.3 Å². The van der Waals surface area contributed by atoms with Gasteiger partial charge in [-0.25, -0.2) is 4.79 Å². The summed E-state index contributed by atoms with van der Waals surface area (Å²) in [6.45, 7) is 10.4. The van der Waals surface area contributed by atoms with Crippen molar-refractivity contribution in [1.82, 2.24) is 5.32 Å². The van der Waals surface area contributed by atoms with Crippen LogP contribution in [0.4, 0.5) is 5.69 Å². The van der Waals surface area contributed by atoms with E-state index in [-0.39, 0.29) is 12.0 Å². The largest absolute Gasteiger partial charge is 0.462 e. The van der Waals surface area contributed by atoms with Crippen LogP contribution >= 0.6 is 12.2 Å². The lowest BCUT2D eigenvalue weighted by Crippen LogP contribution is -2.31. The first kappa shape index (κ1) is 19.9. The molecule has 0 aliphatic rings. The number of rotatable bonds is 5. The fourth-order valence-electron chi connectivity index (χ4n) is 2.62. The number of nitrogens with one attached hydrogen (secondary N) is 2. The van der Waals surface area contributed by atoms with Gasteiger partial charge in [-0.15, -0.1) is 0 Å². The van der Waals surface area contributed by atoms with E-state index in [1.165, 1.54) is 16.7 Å². The summed E-state index contributed by atoms with van der Waals surface area (Å²) in [7, 11) is 0. The average molecular weight is 371 g/mol. The van der Waals surface area contributed by atoms with E-state index in [2.05, 4.69) is 49.6 Å². The Labute approximate surface area is 161 Å². The van der Waals surface area contributed by atoms with Crippen LogP contribution in [0.25, 0.3) is 0 Å². The lowest BCUT2D eigenvalue weighted by molar-refractivity contribution is 0.0526. The Bertz CT molecular complexity index is 818. The van der Waals surface area contributed by atoms with E-state index in [4.69, 9.17) is 17.0 Å². The van der Waals surface area contributed by atoms with Gasteiger partial charge in [0, 0.05) is 5.69 Å². The van der Waals surface area contributed by atoms with E-state index < -0.39 is 0 Å². The van der Waals surface area contributed by atoms with Gasteiger partial charge in [0.15, 0.2) is 5.11 Å².